The van der Waals surface area contributed by atoms with Crippen LogP contribution in [0.4, 0.5) is 10.1 Å². The molecule has 1 heterocycles. The topological polar surface area (TPSA) is 48.1 Å². The first-order valence-corrected chi connectivity index (χ1v) is 6.53. The maximum absolute atomic E-state index is 14.1. The van der Waals surface area contributed by atoms with Gasteiger partial charge in [0.25, 0.3) is 0 Å². The molecular weight excluding hydrogens is 271 g/mol. The van der Waals surface area contributed by atoms with Gasteiger partial charge in [0, 0.05) is 23.3 Å². The summed E-state index contributed by atoms with van der Waals surface area (Å²) in [6.07, 6.45) is 1.86. The lowest BCUT2D eigenvalue weighted by Crippen LogP contribution is -2.03. The number of nitro benzene ring substituents is 1. The van der Waals surface area contributed by atoms with Crippen LogP contribution in [-0.4, -0.2) is 9.49 Å². The van der Waals surface area contributed by atoms with E-state index in [1.165, 1.54) is 12.1 Å². The zero-order valence-electron chi connectivity index (χ0n) is 11.4. The average molecular weight is 284 g/mol. The Morgan fingerprint density at radius 2 is 2.05 bits per heavy atom. The normalized spacial score (nSPS) is 11.0. The molecule has 21 heavy (non-hydrogen) atoms. The number of aromatic nitrogens is 1. The molecule has 0 unspecified atom stereocenters. The number of benzene rings is 2. The Hall–Kier alpha value is -2.69. The molecule has 2 aromatic carbocycles. The monoisotopic (exact) mass is 284 g/mol. The maximum atomic E-state index is 14.1. The fraction of sp³-hybridized carbons (Fsp3) is 0.125. The molecule has 0 N–H and O–H groups in total. The minimum atomic E-state index is -0.767. The van der Waals surface area contributed by atoms with E-state index in [4.69, 9.17) is 0 Å². The molecule has 0 bridgehead atoms. The van der Waals surface area contributed by atoms with Gasteiger partial charge in [0.15, 0.2) is 0 Å². The van der Waals surface area contributed by atoms with Gasteiger partial charge in [-0.05, 0) is 30.5 Å². The molecule has 0 spiro atoms. The third-order valence-corrected chi connectivity index (χ3v) is 3.52. The average Bonchev–Trinajstić information content (AvgIpc) is 2.83. The largest absolute Gasteiger partial charge is 0.343 e. The zero-order chi connectivity index (χ0) is 15.0. The summed E-state index contributed by atoms with van der Waals surface area (Å²) in [5.74, 6) is -0.767. The van der Waals surface area contributed by atoms with Gasteiger partial charge in [-0.1, -0.05) is 23.8 Å². The second kappa shape index (κ2) is 5.01. The second-order valence-corrected chi connectivity index (χ2v) is 5.01. The Morgan fingerprint density at radius 3 is 2.81 bits per heavy atom. The van der Waals surface area contributed by atoms with Crippen LogP contribution in [0.5, 0.6) is 0 Å². The van der Waals surface area contributed by atoms with Crippen LogP contribution in [0.25, 0.3) is 10.9 Å². The Labute approximate surface area is 120 Å². The molecule has 0 aliphatic carbocycles. The standard InChI is InChI=1S/C16H13FN2O2/c1-11-5-6-14-12(9-11)7-8-18(14)10-13-3-2-4-15(16(13)17)19(20)21/h2-9H,10H2,1H3. The summed E-state index contributed by atoms with van der Waals surface area (Å²) in [4.78, 5) is 10.1. The van der Waals surface area contributed by atoms with Crippen molar-refractivity contribution in [1.29, 1.82) is 0 Å². The molecule has 0 amide bonds. The summed E-state index contributed by atoms with van der Waals surface area (Å²) < 4.78 is 16.0. The highest BCUT2D eigenvalue weighted by Gasteiger charge is 2.17. The van der Waals surface area contributed by atoms with E-state index in [9.17, 15) is 14.5 Å². The second-order valence-electron chi connectivity index (χ2n) is 5.01. The molecule has 1 aromatic heterocycles. The number of hydrogen-bond donors (Lipinski definition) is 0. The Bertz CT molecular complexity index is 839. The third kappa shape index (κ3) is 2.38. The van der Waals surface area contributed by atoms with E-state index in [0.717, 1.165) is 16.5 Å². The van der Waals surface area contributed by atoms with Crippen LogP contribution in [0, 0.1) is 22.9 Å². The van der Waals surface area contributed by atoms with E-state index in [0.29, 0.717) is 5.56 Å². The van der Waals surface area contributed by atoms with Gasteiger partial charge in [0.2, 0.25) is 5.82 Å². The number of nitrogens with zero attached hydrogens (tertiary/aromatic N) is 2. The van der Waals surface area contributed by atoms with Crippen LogP contribution in [0.3, 0.4) is 0 Å². The Balaban J connectivity index is 2.03. The maximum Gasteiger partial charge on any atom is 0.305 e. The lowest BCUT2D eigenvalue weighted by atomic mass is 10.1. The van der Waals surface area contributed by atoms with Crippen LogP contribution in [0.2, 0.25) is 0 Å². The van der Waals surface area contributed by atoms with Gasteiger partial charge in [-0.15, -0.1) is 0 Å². The molecule has 3 rings (SSSR count). The molecule has 3 aromatic rings. The number of rotatable bonds is 3. The number of nitro groups is 1. The molecule has 5 heteroatoms. The minimum Gasteiger partial charge on any atom is -0.343 e. The van der Waals surface area contributed by atoms with Crippen molar-refractivity contribution in [3.05, 3.63) is 75.7 Å². The van der Waals surface area contributed by atoms with E-state index < -0.39 is 16.4 Å². The molecule has 0 radical (unpaired) electrons. The van der Waals surface area contributed by atoms with Crippen molar-refractivity contribution >= 4 is 16.6 Å². The third-order valence-electron chi connectivity index (χ3n) is 3.52. The lowest BCUT2D eigenvalue weighted by molar-refractivity contribution is -0.387. The van der Waals surface area contributed by atoms with E-state index in [2.05, 4.69) is 6.07 Å². The van der Waals surface area contributed by atoms with Gasteiger partial charge in [0.1, 0.15) is 0 Å². The number of fused-ring (bicyclic) bond motifs is 1. The predicted molar refractivity (Wildman–Crippen MR) is 78.8 cm³/mol. The highest BCUT2D eigenvalue weighted by molar-refractivity contribution is 5.80. The molecule has 0 aliphatic heterocycles. The molecule has 106 valence electrons. The first kappa shape index (κ1) is 13.3. The van der Waals surface area contributed by atoms with Crippen LogP contribution in [0.15, 0.2) is 48.7 Å². The van der Waals surface area contributed by atoms with E-state index >= 15 is 0 Å². The zero-order valence-corrected chi connectivity index (χ0v) is 11.4. The first-order valence-electron chi connectivity index (χ1n) is 6.53. The molecular formula is C16H13FN2O2. The summed E-state index contributed by atoms with van der Waals surface area (Å²) in [6, 6.07) is 12.2. The van der Waals surface area contributed by atoms with Crippen molar-refractivity contribution in [3.63, 3.8) is 0 Å². The number of hydrogen-bond acceptors (Lipinski definition) is 2. The van der Waals surface area contributed by atoms with Gasteiger partial charge < -0.3 is 4.57 Å². The number of aryl methyl sites for hydroxylation is 1. The van der Waals surface area contributed by atoms with E-state index in [1.807, 2.05) is 35.9 Å². The van der Waals surface area contributed by atoms with Crippen LogP contribution in [0.1, 0.15) is 11.1 Å². The smallest absolute Gasteiger partial charge is 0.305 e. The Morgan fingerprint density at radius 1 is 1.24 bits per heavy atom. The van der Waals surface area contributed by atoms with Crippen molar-refractivity contribution in [1.82, 2.24) is 4.57 Å². The predicted octanol–water partition coefficient (Wildman–Crippen LogP) is 4.05. The van der Waals surface area contributed by atoms with Crippen molar-refractivity contribution in [2.24, 2.45) is 0 Å². The molecule has 0 atom stereocenters. The SMILES string of the molecule is Cc1ccc2c(ccn2Cc2cccc([N+](=O)[O-])c2F)c1. The van der Waals surface area contributed by atoms with Crippen LogP contribution >= 0.6 is 0 Å². The van der Waals surface area contributed by atoms with Gasteiger partial charge in [-0.3, -0.25) is 10.1 Å². The van der Waals surface area contributed by atoms with Crippen molar-refractivity contribution < 1.29 is 9.31 Å². The summed E-state index contributed by atoms with van der Waals surface area (Å²) >= 11 is 0. The van der Waals surface area contributed by atoms with Crippen LogP contribution in [-0.2, 0) is 6.54 Å². The highest BCUT2D eigenvalue weighted by Crippen LogP contribution is 2.23. The summed E-state index contributed by atoms with van der Waals surface area (Å²) in [5, 5.41) is 11.9. The van der Waals surface area contributed by atoms with Gasteiger partial charge in [0.05, 0.1) is 11.5 Å². The van der Waals surface area contributed by atoms with Gasteiger partial charge >= 0.3 is 5.69 Å². The quantitative estimate of drug-likeness (QED) is 0.538. The molecule has 0 saturated heterocycles. The molecule has 0 aliphatic rings. The molecule has 0 fully saturated rings. The number of halogens is 1. The van der Waals surface area contributed by atoms with Crippen molar-refractivity contribution in [3.8, 4) is 0 Å². The van der Waals surface area contributed by atoms with E-state index in [-0.39, 0.29) is 6.54 Å². The van der Waals surface area contributed by atoms with Crippen molar-refractivity contribution in [2.75, 3.05) is 0 Å². The van der Waals surface area contributed by atoms with Crippen molar-refractivity contribution in [2.45, 2.75) is 13.5 Å². The fourth-order valence-electron chi connectivity index (χ4n) is 2.47. The highest BCUT2D eigenvalue weighted by atomic mass is 19.1. The van der Waals surface area contributed by atoms with Crippen LogP contribution < -0.4 is 0 Å². The molecule has 4 nitrogen and oxygen atoms in total. The lowest BCUT2D eigenvalue weighted by Gasteiger charge is -2.07. The van der Waals surface area contributed by atoms with Gasteiger partial charge in [-0.25, -0.2) is 0 Å². The minimum absolute atomic E-state index is 0.264. The molecule has 0 saturated carbocycles. The summed E-state index contributed by atoms with van der Waals surface area (Å²) in [7, 11) is 0. The van der Waals surface area contributed by atoms with Gasteiger partial charge in [-0.2, -0.15) is 4.39 Å². The Kier molecular flexibility index (Phi) is 3.17. The van der Waals surface area contributed by atoms with E-state index in [1.54, 1.807) is 6.07 Å². The summed E-state index contributed by atoms with van der Waals surface area (Å²) in [6.45, 7) is 2.27. The fourth-order valence-corrected chi connectivity index (χ4v) is 2.47. The summed E-state index contributed by atoms with van der Waals surface area (Å²) in [5.41, 5.74) is 1.95. The first-order chi connectivity index (χ1) is 10.1.